The number of aliphatic hydroxyl groups is 1. The van der Waals surface area contributed by atoms with Crippen molar-refractivity contribution in [2.75, 3.05) is 26.2 Å². The zero-order valence-electron chi connectivity index (χ0n) is 11.9. The number of hydrogen-bond donors (Lipinski definition) is 2. The maximum absolute atomic E-state index is 9.23. The highest BCUT2D eigenvalue weighted by molar-refractivity contribution is 4.88. The van der Waals surface area contributed by atoms with Crippen LogP contribution in [0.5, 0.6) is 0 Å². The summed E-state index contributed by atoms with van der Waals surface area (Å²) in [5.41, 5.74) is 0. The van der Waals surface area contributed by atoms with Crippen LogP contribution in [0.1, 0.15) is 51.9 Å². The normalized spacial score (nSPS) is 28.8. The summed E-state index contributed by atoms with van der Waals surface area (Å²) < 4.78 is 0. The molecule has 0 spiro atoms. The van der Waals surface area contributed by atoms with Gasteiger partial charge in [-0.3, -0.25) is 4.90 Å². The van der Waals surface area contributed by atoms with Gasteiger partial charge in [-0.2, -0.15) is 0 Å². The Morgan fingerprint density at radius 2 is 1.94 bits per heavy atom. The molecule has 2 aliphatic carbocycles. The predicted octanol–water partition coefficient (Wildman–Crippen LogP) is 2.00. The second kappa shape index (κ2) is 7.46. The lowest BCUT2D eigenvalue weighted by atomic mass is 9.90. The van der Waals surface area contributed by atoms with Crippen LogP contribution in [0.4, 0.5) is 0 Å². The molecule has 2 fully saturated rings. The third-order valence-corrected chi connectivity index (χ3v) is 4.76. The fraction of sp³-hybridized carbons (Fsp3) is 1.00. The van der Waals surface area contributed by atoms with Crippen LogP contribution in [0, 0.1) is 5.92 Å². The molecule has 2 saturated carbocycles. The molecule has 106 valence electrons. The molecule has 0 aliphatic heterocycles. The van der Waals surface area contributed by atoms with Crippen LogP contribution in [0.15, 0.2) is 0 Å². The highest BCUT2D eigenvalue weighted by Crippen LogP contribution is 2.30. The van der Waals surface area contributed by atoms with Gasteiger partial charge in [0.2, 0.25) is 0 Å². The highest BCUT2D eigenvalue weighted by Gasteiger charge is 2.32. The largest absolute Gasteiger partial charge is 0.395 e. The number of hydrogen-bond acceptors (Lipinski definition) is 3. The van der Waals surface area contributed by atoms with Crippen LogP contribution in [0.25, 0.3) is 0 Å². The van der Waals surface area contributed by atoms with Crippen molar-refractivity contribution in [1.29, 1.82) is 0 Å². The molecule has 0 aromatic carbocycles. The van der Waals surface area contributed by atoms with Crippen LogP contribution < -0.4 is 5.32 Å². The Morgan fingerprint density at radius 1 is 1.17 bits per heavy atom. The maximum atomic E-state index is 9.23. The quantitative estimate of drug-likeness (QED) is 0.695. The van der Waals surface area contributed by atoms with Crippen molar-refractivity contribution in [1.82, 2.24) is 10.2 Å². The molecule has 0 aromatic rings. The summed E-state index contributed by atoms with van der Waals surface area (Å²) in [6.45, 7) is 5.79. The molecule has 0 aromatic heterocycles. The van der Waals surface area contributed by atoms with Crippen LogP contribution in [0.3, 0.4) is 0 Å². The van der Waals surface area contributed by atoms with Gasteiger partial charge in [-0.25, -0.2) is 0 Å². The summed E-state index contributed by atoms with van der Waals surface area (Å²) in [7, 11) is 0. The molecule has 0 amide bonds. The van der Waals surface area contributed by atoms with E-state index in [1.54, 1.807) is 0 Å². The molecule has 18 heavy (non-hydrogen) atoms. The first-order valence-electron chi connectivity index (χ1n) is 7.93. The van der Waals surface area contributed by atoms with Gasteiger partial charge < -0.3 is 10.4 Å². The second-order valence-electron chi connectivity index (χ2n) is 6.05. The Labute approximate surface area is 112 Å². The Hall–Kier alpha value is -0.120. The van der Waals surface area contributed by atoms with Crippen LogP contribution in [-0.4, -0.2) is 48.3 Å². The fourth-order valence-corrected chi connectivity index (χ4v) is 3.46. The highest BCUT2D eigenvalue weighted by atomic mass is 16.3. The van der Waals surface area contributed by atoms with Gasteiger partial charge in [-0.1, -0.05) is 19.8 Å². The standard InChI is InChI=1S/C15H30N2O/c1-2-9-16-15-8-3-5-13(15)12-17(10-11-18)14-6-4-7-14/h13-16,18H,2-12H2,1H3. The predicted molar refractivity (Wildman–Crippen MR) is 75.7 cm³/mol. The first-order chi connectivity index (χ1) is 8.85. The first-order valence-corrected chi connectivity index (χ1v) is 7.93. The molecule has 3 nitrogen and oxygen atoms in total. The van der Waals surface area contributed by atoms with Crippen LogP contribution in [0.2, 0.25) is 0 Å². The van der Waals surface area contributed by atoms with E-state index in [1.165, 1.54) is 51.5 Å². The molecule has 0 heterocycles. The van der Waals surface area contributed by atoms with Crippen LogP contribution >= 0.6 is 0 Å². The molecular formula is C15H30N2O. The van der Waals surface area contributed by atoms with Gasteiger partial charge in [0, 0.05) is 25.2 Å². The third-order valence-electron chi connectivity index (χ3n) is 4.76. The van der Waals surface area contributed by atoms with Crippen molar-refractivity contribution >= 4 is 0 Å². The summed E-state index contributed by atoms with van der Waals surface area (Å²) in [5.74, 6) is 0.809. The minimum Gasteiger partial charge on any atom is -0.395 e. The minimum absolute atomic E-state index is 0.316. The van der Waals surface area contributed by atoms with Crippen molar-refractivity contribution < 1.29 is 5.11 Å². The lowest BCUT2D eigenvalue weighted by molar-refractivity contribution is 0.0811. The zero-order chi connectivity index (χ0) is 12.8. The maximum Gasteiger partial charge on any atom is 0.0558 e. The van der Waals surface area contributed by atoms with Gasteiger partial charge in [-0.05, 0) is 44.6 Å². The molecular weight excluding hydrogens is 224 g/mol. The van der Waals surface area contributed by atoms with Gasteiger partial charge >= 0.3 is 0 Å². The van der Waals surface area contributed by atoms with Crippen molar-refractivity contribution in [2.45, 2.75) is 64.0 Å². The SMILES string of the molecule is CCCNC1CCCC1CN(CCO)C1CCC1. The Kier molecular flexibility index (Phi) is 5.93. The van der Waals surface area contributed by atoms with E-state index < -0.39 is 0 Å². The van der Waals surface area contributed by atoms with Crippen molar-refractivity contribution in [2.24, 2.45) is 5.92 Å². The molecule has 2 aliphatic rings. The smallest absolute Gasteiger partial charge is 0.0558 e. The van der Waals surface area contributed by atoms with Gasteiger partial charge in [0.1, 0.15) is 0 Å². The van der Waals surface area contributed by atoms with E-state index in [1.807, 2.05) is 0 Å². The van der Waals surface area contributed by atoms with Crippen molar-refractivity contribution in [3.63, 3.8) is 0 Å². The summed E-state index contributed by atoms with van der Waals surface area (Å²) in [4.78, 5) is 2.56. The van der Waals surface area contributed by atoms with Gasteiger partial charge in [0.15, 0.2) is 0 Å². The average Bonchev–Trinajstić information content (AvgIpc) is 2.72. The van der Waals surface area contributed by atoms with E-state index in [-0.39, 0.29) is 0 Å². The van der Waals surface area contributed by atoms with E-state index in [4.69, 9.17) is 0 Å². The summed E-state index contributed by atoms with van der Waals surface area (Å²) in [5, 5.41) is 12.9. The lowest BCUT2D eigenvalue weighted by Crippen LogP contribution is -2.47. The van der Waals surface area contributed by atoms with E-state index >= 15 is 0 Å². The third kappa shape index (κ3) is 3.69. The first kappa shape index (κ1) is 14.3. The van der Waals surface area contributed by atoms with Crippen LogP contribution in [-0.2, 0) is 0 Å². The zero-order valence-corrected chi connectivity index (χ0v) is 11.9. The number of nitrogens with zero attached hydrogens (tertiary/aromatic N) is 1. The van der Waals surface area contributed by atoms with Gasteiger partial charge in [-0.15, -0.1) is 0 Å². The average molecular weight is 254 g/mol. The topological polar surface area (TPSA) is 35.5 Å². The van der Waals surface area contributed by atoms with E-state index in [2.05, 4.69) is 17.1 Å². The van der Waals surface area contributed by atoms with E-state index in [0.29, 0.717) is 6.61 Å². The lowest BCUT2D eigenvalue weighted by Gasteiger charge is -2.39. The monoisotopic (exact) mass is 254 g/mol. The van der Waals surface area contributed by atoms with Gasteiger partial charge in [0.05, 0.1) is 6.61 Å². The minimum atomic E-state index is 0.316. The number of nitrogens with one attached hydrogen (secondary N) is 1. The van der Waals surface area contributed by atoms with E-state index in [0.717, 1.165) is 31.1 Å². The second-order valence-corrected chi connectivity index (χ2v) is 6.05. The molecule has 2 rings (SSSR count). The number of rotatable bonds is 8. The molecule has 0 radical (unpaired) electrons. The molecule has 2 atom stereocenters. The molecule has 3 heteroatoms. The Morgan fingerprint density at radius 3 is 2.56 bits per heavy atom. The summed E-state index contributed by atoms with van der Waals surface area (Å²) in [6.07, 6.45) is 9.41. The molecule has 2 N–H and O–H groups in total. The summed E-state index contributed by atoms with van der Waals surface area (Å²) in [6, 6.07) is 1.50. The Bertz CT molecular complexity index is 231. The molecule has 2 unspecified atom stereocenters. The fourth-order valence-electron chi connectivity index (χ4n) is 3.46. The molecule has 0 saturated heterocycles. The molecule has 0 bridgehead atoms. The van der Waals surface area contributed by atoms with Gasteiger partial charge in [0.25, 0.3) is 0 Å². The van der Waals surface area contributed by atoms with Crippen molar-refractivity contribution in [3.8, 4) is 0 Å². The van der Waals surface area contributed by atoms with Crippen molar-refractivity contribution in [3.05, 3.63) is 0 Å². The van der Waals surface area contributed by atoms with E-state index in [9.17, 15) is 5.11 Å². The Balaban J connectivity index is 1.80. The summed E-state index contributed by atoms with van der Waals surface area (Å²) >= 11 is 0. The number of aliphatic hydroxyl groups excluding tert-OH is 1.